The van der Waals surface area contributed by atoms with Crippen LogP contribution >= 0.6 is 0 Å². The first-order valence-electron chi connectivity index (χ1n) is 16.4. The van der Waals surface area contributed by atoms with Gasteiger partial charge in [-0.05, 0) is 55.9 Å². The average Bonchev–Trinajstić information content (AvgIpc) is 3.75. The Labute approximate surface area is 274 Å². The summed E-state index contributed by atoms with van der Waals surface area (Å²) in [6.45, 7) is 9.20. The number of carbonyl (C=O) groups excluding carboxylic acids is 3. The SMILES string of the molecule is Cc1nc2n(n1)CCN(C(=O)Cc1cnc3c(C)cccn13)CCCC(=O)N[C@H](Cc1c[nH]c3ccccc13)C(=O)N[C@H]2CC(C)C. The van der Waals surface area contributed by atoms with Gasteiger partial charge in [-0.1, -0.05) is 38.1 Å². The second kappa shape index (κ2) is 13.8. The minimum absolute atomic E-state index is 0.0524. The molecular formula is C35H43N9O3. The molecule has 12 heteroatoms. The van der Waals surface area contributed by atoms with Crippen LogP contribution in [0.15, 0.2) is 55.0 Å². The van der Waals surface area contributed by atoms with Gasteiger partial charge in [-0.25, -0.2) is 14.6 Å². The van der Waals surface area contributed by atoms with E-state index in [0.29, 0.717) is 50.5 Å². The summed E-state index contributed by atoms with van der Waals surface area (Å²) in [7, 11) is 0. The van der Waals surface area contributed by atoms with Crippen molar-refractivity contribution in [3.05, 3.63) is 83.5 Å². The number of nitrogens with one attached hydrogen (secondary N) is 3. The van der Waals surface area contributed by atoms with Crippen molar-refractivity contribution in [2.24, 2.45) is 5.92 Å². The van der Waals surface area contributed by atoms with Crippen LogP contribution in [-0.2, 0) is 33.8 Å². The molecule has 0 saturated carbocycles. The highest BCUT2D eigenvalue weighted by Crippen LogP contribution is 2.23. The lowest BCUT2D eigenvalue weighted by Crippen LogP contribution is -2.49. The summed E-state index contributed by atoms with van der Waals surface area (Å²) < 4.78 is 3.77. The molecule has 4 aromatic heterocycles. The minimum Gasteiger partial charge on any atom is -0.361 e. The standard InChI is InChI=1S/C35H43N9O3/c1-22(2)17-29-34-38-24(4)41-44(34)16-15-42(32(46)19-26-21-37-33-23(3)9-7-14-43(26)33)13-8-12-31(45)39-30(35(47)40-29)18-25-20-36-28-11-6-5-10-27(25)28/h5-7,9-11,14,20-22,29-30,36H,8,12-13,15-19H2,1-4H3,(H,39,45)(H,40,47)/t29-,30+/m0/s1. The van der Waals surface area contributed by atoms with Gasteiger partial charge in [0.15, 0.2) is 0 Å². The van der Waals surface area contributed by atoms with Gasteiger partial charge < -0.3 is 24.9 Å². The zero-order valence-corrected chi connectivity index (χ0v) is 27.5. The number of hydrogen-bond donors (Lipinski definition) is 3. The molecule has 1 aliphatic heterocycles. The van der Waals surface area contributed by atoms with Crippen LogP contribution in [0, 0.1) is 19.8 Å². The number of aromatic amines is 1. The third kappa shape index (κ3) is 7.21. The Balaban J connectivity index is 1.29. The lowest BCUT2D eigenvalue weighted by Gasteiger charge is -2.27. The number of fused-ring (bicyclic) bond motifs is 3. The molecule has 0 saturated heterocycles. The van der Waals surface area contributed by atoms with Gasteiger partial charge in [0.05, 0.1) is 24.7 Å². The van der Waals surface area contributed by atoms with E-state index < -0.39 is 12.1 Å². The maximum atomic E-state index is 14.0. The van der Waals surface area contributed by atoms with Gasteiger partial charge in [-0.15, -0.1) is 0 Å². The number of nitrogens with zero attached hydrogens (tertiary/aromatic N) is 6. The molecular weight excluding hydrogens is 594 g/mol. The molecule has 5 aromatic rings. The van der Waals surface area contributed by atoms with Crippen LogP contribution in [0.2, 0.25) is 0 Å². The largest absolute Gasteiger partial charge is 0.361 e. The van der Waals surface area contributed by atoms with Crippen molar-refractivity contribution in [3.63, 3.8) is 0 Å². The molecule has 0 unspecified atom stereocenters. The van der Waals surface area contributed by atoms with Gasteiger partial charge in [-0.2, -0.15) is 5.10 Å². The first-order valence-corrected chi connectivity index (χ1v) is 16.4. The Morgan fingerprint density at radius 1 is 1.02 bits per heavy atom. The zero-order chi connectivity index (χ0) is 33.1. The fraction of sp³-hybridized carbons (Fsp3) is 0.429. The molecule has 2 atom stereocenters. The lowest BCUT2D eigenvalue weighted by atomic mass is 10.0. The predicted octanol–water partition coefficient (Wildman–Crippen LogP) is 3.82. The number of carbonyl (C=O) groups is 3. The number of amides is 3. The summed E-state index contributed by atoms with van der Waals surface area (Å²) >= 11 is 0. The number of H-pyrrole nitrogens is 1. The van der Waals surface area contributed by atoms with Crippen molar-refractivity contribution in [2.45, 2.75) is 78.4 Å². The van der Waals surface area contributed by atoms with Crippen molar-refractivity contribution in [1.29, 1.82) is 0 Å². The van der Waals surface area contributed by atoms with Gasteiger partial charge in [0.1, 0.15) is 23.3 Å². The normalized spacial score (nSPS) is 18.3. The quantitative estimate of drug-likeness (QED) is 0.259. The maximum Gasteiger partial charge on any atom is 0.243 e. The number of benzene rings is 1. The van der Waals surface area contributed by atoms with E-state index in [2.05, 4.69) is 39.5 Å². The Hall–Kier alpha value is -5.00. The fourth-order valence-corrected chi connectivity index (χ4v) is 6.47. The summed E-state index contributed by atoms with van der Waals surface area (Å²) in [5.74, 6) is 0.935. The molecule has 3 N–H and O–H groups in total. The van der Waals surface area contributed by atoms with Crippen molar-refractivity contribution < 1.29 is 14.4 Å². The van der Waals surface area contributed by atoms with Crippen molar-refractivity contribution in [3.8, 4) is 0 Å². The summed E-state index contributed by atoms with van der Waals surface area (Å²) in [6.07, 6.45) is 7.34. The molecule has 47 heavy (non-hydrogen) atoms. The van der Waals surface area contributed by atoms with E-state index in [-0.39, 0.29) is 36.5 Å². The zero-order valence-electron chi connectivity index (χ0n) is 27.5. The number of rotatable bonds is 6. The molecule has 0 bridgehead atoms. The third-order valence-corrected chi connectivity index (χ3v) is 8.80. The lowest BCUT2D eigenvalue weighted by molar-refractivity contribution is -0.131. The smallest absolute Gasteiger partial charge is 0.243 e. The topological polar surface area (TPSA) is 142 Å². The number of hydrogen-bond acceptors (Lipinski definition) is 6. The van der Waals surface area contributed by atoms with Crippen molar-refractivity contribution in [1.82, 2.24) is 44.7 Å². The van der Waals surface area contributed by atoms with Crippen LogP contribution in [0.1, 0.15) is 67.6 Å². The molecule has 1 aliphatic rings. The molecule has 3 amide bonds. The van der Waals surface area contributed by atoms with E-state index in [1.54, 1.807) is 11.1 Å². The second-order valence-corrected chi connectivity index (χ2v) is 12.9. The maximum absolute atomic E-state index is 14.0. The molecule has 246 valence electrons. The van der Waals surface area contributed by atoms with Gasteiger partial charge >= 0.3 is 0 Å². The molecule has 0 fully saturated rings. The van der Waals surface area contributed by atoms with Crippen LogP contribution in [-0.4, -0.2) is 70.9 Å². The van der Waals surface area contributed by atoms with Crippen molar-refractivity contribution in [2.75, 3.05) is 13.1 Å². The summed E-state index contributed by atoms with van der Waals surface area (Å²) in [6, 6.07) is 10.6. The Morgan fingerprint density at radius 3 is 2.68 bits per heavy atom. The predicted molar refractivity (Wildman–Crippen MR) is 178 cm³/mol. The van der Waals surface area contributed by atoms with Gasteiger partial charge in [0.2, 0.25) is 17.7 Å². The Morgan fingerprint density at radius 2 is 1.85 bits per heavy atom. The number of aromatic nitrogens is 6. The average molecular weight is 638 g/mol. The van der Waals surface area contributed by atoms with Gasteiger partial charge in [-0.3, -0.25) is 14.4 Å². The molecule has 5 heterocycles. The number of imidazole rings is 1. The minimum atomic E-state index is -0.798. The van der Waals surface area contributed by atoms with E-state index in [4.69, 9.17) is 4.98 Å². The highest BCUT2D eigenvalue weighted by molar-refractivity contribution is 5.90. The molecule has 6 rings (SSSR count). The monoisotopic (exact) mass is 637 g/mol. The summed E-state index contributed by atoms with van der Waals surface area (Å²) in [4.78, 5) is 55.4. The van der Waals surface area contributed by atoms with Gasteiger partial charge in [0, 0.05) is 55.4 Å². The third-order valence-electron chi connectivity index (χ3n) is 8.80. The molecule has 12 nitrogen and oxygen atoms in total. The molecule has 1 aromatic carbocycles. The Kier molecular flexibility index (Phi) is 9.37. The van der Waals surface area contributed by atoms with Gasteiger partial charge in [0.25, 0.3) is 0 Å². The van der Waals surface area contributed by atoms with E-state index in [0.717, 1.165) is 33.4 Å². The van der Waals surface area contributed by atoms with Crippen LogP contribution < -0.4 is 10.6 Å². The molecule has 0 radical (unpaired) electrons. The second-order valence-electron chi connectivity index (χ2n) is 12.9. The highest BCUT2D eigenvalue weighted by Gasteiger charge is 2.29. The van der Waals surface area contributed by atoms with E-state index >= 15 is 0 Å². The number of para-hydroxylation sites is 1. The van der Waals surface area contributed by atoms with Crippen LogP contribution in [0.4, 0.5) is 0 Å². The summed E-state index contributed by atoms with van der Waals surface area (Å²) in [5.41, 5.74) is 4.59. The van der Waals surface area contributed by atoms with Crippen LogP contribution in [0.3, 0.4) is 0 Å². The van der Waals surface area contributed by atoms with E-state index in [1.165, 1.54) is 0 Å². The molecule has 0 spiro atoms. The fourth-order valence-electron chi connectivity index (χ4n) is 6.47. The number of aryl methyl sites for hydroxylation is 2. The first kappa shape index (κ1) is 32.0. The van der Waals surface area contributed by atoms with E-state index in [1.807, 2.05) is 71.7 Å². The summed E-state index contributed by atoms with van der Waals surface area (Å²) in [5, 5.41) is 11.9. The Bertz CT molecular complexity index is 1900. The van der Waals surface area contributed by atoms with Crippen LogP contribution in [0.25, 0.3) is 16.6 Å². The number of pyridine rings is 1. The molecule has 0 aliphatic carbocycles. The van der Waals surface area contributed by atoms with Crippen molar-refractivity contribution >= 4 is 34.3 Å². The highest BCUT2D eigenvalue weighted by atomic mass is 16.2. The van der Waals surface area contributed by atoms with E-state index in [9.17, 15) is 14.4 Å². The first-order chi connectivity index (χ1) is 22.7. The van der Waals surface area contributed by atoms with Crippen LogP contribution in [0.5, 0.6) is 0 Å².